The molecule has 1 heteroatoms. The molecule has 0 aromatic heterocycles. The van der Waals surface area contributed by atoms with Crippen molar-refractivity contribution in [1.82, 2.24) is 5.32 Å². The van der Waals surface area contributed by atoms with Crippen molar-refractivity contribution in [3.05, 3.63) is 0 Å². The minimum atomic E-state index is 0.655. The molecule has 0 aromatic carbocycles. The summed E-state index contributed by atoms with van der Waals surface area (Å²) >= 11 is 0. The van der Waals surface area contributed by atoms with Gasteiger partial charge in [0.25, 0.3) is 0 Å². The van der Waals surface area contributed by atoms with Gasteiger partial charge in [0, 0.05) is 0 Å². The lowest BCUT2D eigenvalue weighted by atomic mass is 9.84. The van der Waals surface area contributed by atoms with Gasteiger partial charge in [-0.15, -0.1) is 0 Å². The largest absolute Gasteiger partial charge is 0.320 e. The Kier molecular flexibility index (Phi) is 2.94. The lowest BCUT2D eigenvalue weighted by molar-refractivity contribution is 0.295. The summed E-state index contributed by atoms with van der Waals surface area (Å²) in [5.74, 6) is 0.969. The second kappa shape index (κ2) is 3.57. The van der Waals surface area contributed by atoms with E-state index >= 15 is 0 Å². The van der Waals surface area contributed by atoms with Gasteiger partial charge in [-0.25, -0.2) is 0 Å². The van der Waals surface area contributed by atoms with E-state index in [0.29, 0.717) is 5.41 Å². The maximum atomic E-state index is 3.23. The van der Waals surface area contributed by atoms with E-state index in [0.717, 1.165) is 5.92 Å². The summed E-state index contributed by atoms with van der Waals surface area (Å²) in [7, 11) is 2.04. The highest BCUT2D eigenvalue weighted by atomic mass is 14.8. The average molecular weight is 155 g/mol. The Morgan fingerprint density at radius 3 is 2.73 bits per heavy atom. The SMILES string of the molecule is CNCCC1(C)CCC(C)C1. The van der Waals surface area contributed by atoms with E-state index in [9.17, 15) is 0 Å². The molecule has 1 fully saturated rings. The number of hydrogen-bond donors (Lipinski definition) is 1. The standard InChI is InChI=1S/C10H21N/c1-9-4-5-10(2,8-9)6-7-11-3/h9,11H,4-8H2,1-3H3. The van der Waals surface area contributed by atoms with Crippen LogP contribution in [0, 0.1) is 11.3 Å². The molecule has 0 spiro atoms. The lowest BCUT2D eigenvalue weighted by Gasteiger charge is -2.23. The van der Waals surface area contributed by atoms with E-state index in [2.05, 4.69) is 19.2 Å². The first kappa shape index (κ1) is 9.05. The van der Waals surface area contributed by atoms with Gasteiger partial charge >= 0.3 is 0 Å². The third kappa shape index (κ3) is 2.48. The highest BCUT2D eigenvalue weighted by molar-refractivity contribution is 4.84. The Labute approximate surface area is 70.6 Å². The van der Waals surface area contributed by atoms with Crippen LogP contribution in [0.4, 0.5) is 0 Å². The molecule has 0 saturated heterocycles. The topological polar surface area (TPSA) is 12.0 Å². The lowest BCUT2D eigenvalue weighted by Crippen LogP contribution is -2.19. The molecule has 1 N–H and O–H groups in total. The summed E-state index contributed by atoms with van der Waals surface area (Å²) in [4.78, 5) is 0. The highest BCUT2D eigenvalue weighted by Gasteiger charge is 2.31. The summed E-state index contributed by atoms with van der Waals surface area (Å²) in [6, 6.07) is 0. The van der Waals surface area contributed by atoms with Gasteiger partial charge in [-0.05, 0) is 44.2 Å². The van der Waals surface area contributed by atoms with Crippen molar-refractivity contribution in [2.75, 3.05) is 13.6 Å². The summed E-state index contributed by atoms with van der Waals surface area (Å²) < 4.78 is 0. The second-order valence-corrected chi connectivity index (χ2v) is 4.51. The molecule has 2 unspecified atom stereocenters. The van der Waals surface area contributed by atoms with Crippen LogP contribution in [0.5, 0.6) is 0 Å². The van der Waals surface area contributed by atoms with Crippen LogP contribution < -0.4 is 5.32 Å². The highest BCUT2D eigenvalue weighted by Crippen LogP contribution is 2.43. The molecular weight excluding hydrogens is 134 g/mol. The van der Waals surface area contributed by atoms with Crippen molar-refractivity contribution in [2.24, 2.45) is 11.3 Å². The van der Waals surface area contributed by atoms with E-state index in [-0.39, 0.29) is 0 Å². The van der Waals surface area contributed by atoms with Gasteiger partial charge in [-0.1, -0.05) is 20.3 Å². The van der Waals surface area contributed by atoms with Crippen LogP contribution in [0.15, 0.2) is 0 Å². The molecule has 1 nitrogen and oxygen atoms in total. The Morgan fingerprint density at radius 1 is 1.55 bits per heavy atom. The minimum Gasteiger partial charge on any atom is -0.320 e. The molecule has 1 aliphatic carbocycles. The van der Waals surface area contributed by atoms with E-state index in [1.165, 1.54) is 32.2 Å². The maximum Gasteiger partial charge on any atom is -0.00467 e. The predicted molar refractivity (Wildman–Crippen MR) is 49.7 cm³/mol. The van der Waals surface area contributed by atoms with Crippen LogP contribution >= 0.6 is 0 Å². The molecule has 0 amide bonds. The van der Waals surface area contributed by atoms with Gasteiger partial charge < -0.3 is 5.32 Å². The smallest absolute Gasteiger partial charge is 0.00467 e. The predicted octanol–water partition coefficient (Wildman–Crippen LogP) is 2.42. The molecule has 2 atom stereocenters. The van der Waals surface area contributed by atoms with Crippen molar-refractivity contribution >= 4 is 0 Å². The van der Waals surface area contributed by atoms with Crippen molar-refractivity contribution in [1.29, 1.82) is 0 Å². The van der Waals surface area contributed by atoms with Crippen molar-refractivity contribution in [2.45, 2.75) is 39.5 Å². The van der Waals surface area contributed by atoms with Crippen LogP contribution in [0.2, 0.25) is 0 Å². The molecule has 1 saturated carbocycles. The monoisotopic (exact) mass is 155 g/mol. The van der Waals surface area contributed by atoms with Gasteiger partial charge in [0.2, 0.25) is 0 Å². The zero-order valence-electron chi connectivity index (χ0n) is 8.11. The van der Waals surface area contributed by atoms with Crippen LogP contribution in [0.25, 0.3) is 0 Å². The Hall–Kier alpha value is -0.0400. The fourth-order valence-corrected chi connectivity index (χ4v) is 2.29. The van der Waals surface area contributed by atoms with Gasteiger partial charge in [0.05, 0.1) is 0 Å². The molecule has 1 rings (SSSR count). The van der Waals surface area contributed by atoms with Gasteiger partial charge in [0.15, 0.2) is 0 Å². The average Bonchev–Trinajstić information content (AvgIpc) is 2.28. The molecular formula is C10H21N. The molecule has 11 heavy (non-hydrogen) atoms. The Bertz CT molecular complexity index is 122. The van der Waals surface area contributed by atoms with E-state index in [1.807, 2.05) is 7.05 Å². The molecule has 0 heterocycles. The van der Waals surface area contributed by atoms with E-state index in [1.54, 1.807) is 0 Å². The maximum absolute atomic E-state index is 3.23. The number of hydrogen-bond acceptors (Lipinski definition) is 1. The third-order valence-electron chi connectivity index (χ3n) is 3.06. The van der Waals surface area contributed by atoms with Gasteiger partial charge in [-0.2, -0.15) is 0 Å². The summed E-state index contributed by atoms with van der Waals surface area (Å²) in [5.41, 5.74) is 0.655. The van der Waals surface area contributed by atoms with Gasteiger partial charge in [0.1, 0.15) is 0 Å². The number of rotatable bonds is 3. The van der Waals surface area contributed by atoms with Crippen molar-refractivity contribution in [3.8, 4) is 0 Å². The van der Waals surface area contributed by atoms with Crippen LogP contribution in [-0.2, 0) is 0 Å². The van der Waals surface area contributed by atoms with Crippen LogP contribution in [0.1, 0.15) is 39.5 Å². The van der Waals surface area contributed by atoms with Crippen LogP contribution in [-0.4, -0.2) is 13.6 Å². The second-order valence-electron chi connectivity index (χ2n) is 4.51. The third-order valence-corrected chi connectivity index (χ3v) is 3.06. The minimum absolute atomic E-state index is 0.655. The Morgan fingerprint density at radius 2 is 2.27 bits per heavy atom. The molecule has 0 aromatic rings. The Balaban J connectivity index is 2.29. The molecule has 66 valence electrons. The van der Waals surface area contributed by atoms with Crippen molar-refractivity contribution in [3.63, 3.8) is 0 Å². The van der Waals surface area contributed by atoms with Crippen molar-refractivity contribution < 1.29 is 0 Å². The normalized spacial score (nSPS) is 37.9. The molecule has 0 bridgehead atoms. The fraction of sp³-hybridized carbons (Fsp3) is 1.00. The number of nitrogens with one attached hydrogen (secondary N) is 1. The van der Waals surface area contributed by atoms with E-state index < -0.39 is 0 Å². The summed E-state index contributed by atoms with van der Waals surface area (Å²) in [6.45, 7) is 6.00. The quantitative estimate of drug-likeness (QED) is 0.660. The van der Waals surface area contributed by atoms with Crippen LogP contribution in [0.3, 0.4) is 0 Å². The summed E-state index contributed by atoms with van der Waals surface area (Å²) in [5, 5.41) is 3.23. The molecule has 1 aliphatic rings. The fourth-order valence-electron chi connectivity index (χ4n) is 2.29. The zero-order chi connectivity index (χ0) is 8.32. The first-order valence-electron chi connectivity index (χ1n) is 4.81. The first-order valence-corrected chi connectivity index (χ1v) is 4.81. The molecule has 0 radical (unpaired) electrons. The zero-order valence-corrected chi connectivity index (χ0v) is 8.11. The van der Waals surface area contributed by atoms with E-state index in [4.69, 9.17) is 0 Å². The molecule has 0 aliphatic heterocycles. The first-order chi connectivity index (χ1) is 5.16. The van der Waals surface area contributed by atoms with Gasteiger partial charge in [-0.3, -0.25) is 0 Å². The summed E-state index contributed by atoms with van der Waals surface area (Å²) in [6.07, 6.45) is 5.68.